The first-order valence-electron chi connectivity index (χ1n) is 6.35. The molecule has 0 radical (unpaired) electrons. The Morgan fingerprint density at radius 1 is 1.21 bits per heavy atom. The van der Waals surface area contributed by atoms with Crippen LogP contribution in [0.4, 0.5) is 0 Å². The van der Waals surface area contributed by atoms with Crippen LogP contribution < -0.4 is 4.74 Å². The molecule has 0 atom stereocenters. The monoisotopic (exact) mass is 261 g/mol. The molecule has 0 unspecified atom stereocenters. The van der Waals surface area contributed by atoms with Crippen LogP contribution in [0.5, 0.6) is 5.75 Å². The maximum atomic E-state index is 11.9. The Bertz CT molecular complexity index is 448. The van der Waals surface area contributed by atoms with Crippen molar-refractivity contribution < 1.29 is 9.53 Å². The van der Waals surface area contributed by atoms with Gasteiger partial charge in [0.25, 0.3) is 0 Å². The second kappa shape index (κ2) is 6.33. The molecule has 0 spiro atoms. The Balaban J connectivity index is 1.92. The summed E-state index contributed by atoms with van der Waals surface area (Å²) in [5, 5.41) is 6.17. The van der Waals surface area contributed by atoms with Crippen LogP contribution in [0, 0.1) is 0 Å². The van der Waals surface area contributed by atoms with Crippen LogP contribution in [-0.2, 0) is 0 Å². The fourth-order valence-corrected chi connectivity index (χ4v) is 1.88. The normalized spacial score (nSPS) is 16.8. The SMILES string of the molecule is COc1ccc(C(=O)/C=N/N2CCN(C)CC2)cc1. The third kappa shape index (κ3) is 3.79. The molecule has 1 aliphatic heterocycles. The number of Topliss-reactive ketones (excluding diaryl/α,β-unsaturated/α-hetero) is 1. The number of methoxy groups -OCH3 is 1. The van der Waals surface area contributed by atoms with E-state index in [0.29, 0.717) is 5.56 Å². The van der Waals surface area contributed by atoms with Gasteiger partial charge >= 0.3 is 0 Å². The minimum Gasteiger partial charge on any atom is -0.497 e. The van der Waals surface area contributed by atoms with Crippen molar-refractivity contribution in [2.45, 2.75) is 0 Å². The number of hydrogen-bond donors (Lipinski definition) is 0. The summed E-state index contributed by atoms with van der Waals surface area (Å²) < 4.78 is 5.06. The van der Waals surface area contributed by atoms with Crippen molar-refractivity contribution in [1.82, 2.24) is 9.91 Å². The van der Waals surface area contributed by atoms with Crippen molar-refractivity contribution in [3.63, 3.8) is 0 Å². The predicted octanol–water partition coefficient (Wildman–Crippen LogP) is 1.11. The highest BCUT2D eigenvalue weighted by Gasteiger charge is 2.11. The van der Waals surface area contributed by atoms with Crippen molar-refractivity contribution in [2.75, 3.05) is 40.3 Å². The van der Waals surface area contributed by atoms with E-state index < -0.39 is 0 Å². The number of hydrazone groups is 1. The van der Waals surface area contributed by atoms with Crippen LogP contribution in [0.3, 0.4) is 0 Å². The molecule has 5 nitrogen and oxygen atoms in total. The molecule has 1 fully saturated rings. The van der Waals surface area contributed by atoms with Gasteiger partial charge in [-0.15, -0.1) is 0 Å². The van der Waals surface area contributed by atoms with E-state index >= 15 is 0 Å². The Kier molecular flexibility index (Phi) is 4.52. The minimum atomic E-state index is -0.0819. The lowest BCUT2D eigenvalue weighted by molar-refractivity contribution is 0.106. The van der Waals surface area contributed by atoms with E-state index in [1.807, 2.05) is 5.01 Å². The molecule has 1 heterocycles. The highest BCUT2D eigenvalue weighted by molar-refractivity contribution is 6.35. The van der Waals surface area contributed by atoms with Crippen LogP contribution in [0.25, 0.3) is 0 Å². The number of rotatable bonds is 4. The molecule has 1 aliphatic rings. The molecule has 0 amide bonds. The highest BCUT2D eigenvalue weighted by Crippen LogP contribution is 2.11. The largest absolute Gasteiger partial charge is 0.497 e. The molecule has 1 aromatic rings. The summed E-state index contributed by atoms with van der Waals surface area (Å²) in [6.45, 7) is 3.69. The quantitative estimate of drug-likeness (QED) is 0.601. The molecule has 19 heavy (non-hydrogen) atoms. The van der Waals surface area contributed by atoms with Crippen molar-refractivity contribution in [3.8, 4) is 5.75 Å². The van der Waals surface area contributed by atoms with Crippen LogP contribution in [0.2, 0.25) is 0 Å². The number of hydrogen-bond acceptors (Lipinski definition) is 5. The molecule has 0 N–H and O–H groups in total. The summed E-state index contributed by atoms with van der Waals surface area (Å²) in [5.41, 5.74) is 0.624. The topological polar surface area (TPSA) is 45.1 Å². The van der Waals surface area contributed by atoms with Crippen molar-refractivity contribution in [1.29, 1.82) is 0 Å². The van der Waals surface area contributed by atoms with E-state index in [1.165, 1.54) is 6.21 Å². The number of benzene rings is 1. The first-order valence-corrected chi connectivity index (χ1v) is 6.35. The minimum absolute atomic E-state index is 0.0819. The maximum absolute atomic E-state index is 11.9. The van der Waals surface area contributed by atoms with E-state index in [1.54, 1.807) is 31.4 Å². The van der Waals surface area contributed by atoms with Gasteiger partial charge in [0.05, 0.1) is 13.3 Å². The summed E-state index contributed by atoms with van der Waals surface area (Å²) in [6.07, 6.45) is 1.40. The Labute approximate surface area is 113 Å². The molecule has 1 saturated heterocycles. The lowest BCUT2D eigenvalue weighted by Crippen LogP contribution is -2.41. The van der Waals surface area contributed by atoms with E-state index in [2.05, 4.69) is 17.0 Å². The van der Waals surface area contributed by atoms with Crippen LogP contribution in [0.1, 0.15) is 10.4 Å². The van der Waals surface area contributed by atoms with Crippen molar-refractivity contribution in [3.05, 3.63) is 29.8 Å². The van der Waals surface area contributed by atoms with Crippen LogP contribution >= 0.6 is 0 Å². The molecule has 102 valence electrons. The fraction of sp³-hybridized carbons (Fsp3) is 0.429. The lowest BCUT2D eigenvalue weighted by Gasteiger charge is -2.30. The zero-order valence-electron chi connectivity index (χ0n) is 11.4. The number of carbonyl (C=O) groups excluding carboxylic acids is 1. The number of ketones is 1. The lowest BCUT2D eigenvalue weighted by atomic mass is 10.1. The third-order valence-corrected chi connectivity index (χ3v) is 3.19. The smallest absolute Gasteiger partial charge is 0.205 e. The second-order valence-corrected chi connectivity index (χ2v) is 4.59. The number of nitrogens with zero attached hydrogens (tertiary/aromatic N) is 3. The number of likely N-dealkylation sites (N-methyl/N-ethyl adjacent to an activating group) is 1. The van der Waals surface area contributed by atoms with E-state index in [-0.39, 0.29) is 5.78 Å². The standard InChI is InChI=1S/C14H19N3O2/c1-16-7-9-17(10-8-16)15-11-14(18)12-3-5-13(19-2)6-4-12/h3-6,11H,7-10H2,1-2H3/b15-11+. The molecule has 0 aliphatic carbocycles. The Hall–Kier alpha value is -1.88. The van der Waals surface area contributed by atoms with Gasteiger partial charge in [-0.25, -0.2) is 0 Å². The summed E-state index contributed by atoms with van der Waals surface area (Å²) in [4.78, 5) is 14.2. The summed E-state index contributed by atoms with van der Waals surface area (Å²) in [7, 11) is 3.69. The van der Waals surface area contributed by atoms with Gasteiger partial charge in [0.15, 0.2) is 0 Å². The molecule has 5 heteroatoms. The van der Waals surface area contributed by atoms with E-state index in [0.717, 1.165) is 31.9 Å². The average molecular weight is 261 g/mol. The third-order valence-electron chi connectivity index (χ3n) is 3.19. The fourth-order valence-electron chi connectivity index (χ4n) is 1.88. The predicted molar refractivity (Wildman–Crippen MR) is 74.9 cm³/mol. The van der Waals surface area contributed by atoms with Gasteiger partial charge in [-0.05, 0) is 31.3 Å². The molecule has 1 aromatic carbocycles. The van der Waals surface area contributed by atoms with Crippen LogP contribution in [-0.4, -0.2) is 62.2 Å². The second-order valence-electron chi connectivity index (χ2n) is 4.59. The van der Waals surface area contributed by atoms with Crippen molar-refractivity contribution in [2.24, 2.45) is 5.10 Å². The van der Waals surface area contributed by atoms with E-state index in [9.17, 15) is 4.79 Å². The summed E-state index contributed by atoms with van der Waals surface area (Å²) in [5.74, 6) is 0.661. The van der Waals surface area contributed by atoms with Gasteiger partial charge in [0.1, 0.15) is 5.75 Å². The molecule has 0 saturated carbocycles. The first-order chi connectivity index (χ1) is 9.19. The molecular formula is C14H19N3O2. The first kappa shape index (κ1) is 13.5. The average Bonchev–Trinajstić information content (AvgIpc) is 2.46. The van der Waals surface area contributed by atoms with E-state index in [4.69, 9.17) is 4.74 Å². The number of carbonyl (C=O) groups is 1. The number of ether oxygens (including phenoxy) is 1. The van der Waals surface area contributed by atoms with Gasteiger partial charge in [-0.3, -0.25) is 9.80 Å². The van der Waals surface area contributed by atoms with Gasteiger partial charge in [-0.1, -0.05) is 0 Å². The zero-order valence-corrected chi connectivity index (χ0v) is 11.4. The summed E-state index contributed by atoms with van der Waals surface area (Å²) in [6, 6.07) is 7.04. The molecule has 0 aromatic heterocycles. The summed E-state index contributed by atoms with van der Waals surface area (Å²) >= 11 is 0. The number of piperazine rings is 1. The van der Waals surface area contributed by atoms with Crippen LogP contribution in [0.15, 0.2) is 29.4 Å². The van der Waals surface area contributed by atoms with Gasteiger partial charge in [0, 0.05) is 31.7 Å². The van der Waals surface area contributed by atoms with Crippen molar-refractivity contribution >= 4 is 12.0 Å². The van der Waals surface area contributed by atoms with Gasteiger partial charge in [0.2, 0.25) is 5.78 Å². The van der Waals surface area contributed by atoms with Gasteiger partial charge < -0.3 is 9.64 Å². The Morgan fingerprint density at radius 3 is 2.42 bits per heavy atom. The van der Waals surface area contributed by atoms with Gasteiger partial charge in [-0.2, -0.15) is 5.10 Å². The zero-order chi connectivity index (χ0) is 13.7. The molecular weight excluding hydrogens is 242 g/mol. The highest BCUT2D eigenvalue weighted by atomic mass is 16.5. The maximum Gasteiger partial charge on any atom is 0.205 e. The molecule has 0 bridgehead atoms. The Morgan fingerprint density at radius 2 is 1.84 bits per heavy atom. The molecule has 2 rings (SSSR count).